The van der Waals surface area contributed by atoms with Crippen LogP contribution in [0, 0.1) is 17.2 Å². The summed E-state index contributed by atoms with van der Waals surface area (Å²) in [6, 6.07) is 9.28. The zero-order valence-corrected chi connectivity index (χ0v) is 13.6. The van der Waals surface area contributed by atoms with E-state index in [-0.39, 0.29) is 23.9 Å². The minimum atomic E-state index is -0.0136. The Hall–Kier alpha value is -2.35. The van der Waals surface area contributed by atoms with Gasteiger partial charge in [-0.05, 0) is 49.8 Å². The number of carbonyl (C=O) groups is 2. The Labute approximate surface area is 141 Å². The van der Waals surface area contributed by atoms with Crippen molar-refractivity contribution in [2.45, 2.75) is 44.2 Å². The molecule has 2 amide bonds. The molecule has 1 saturated carbocycles. The van der Waals surface area contributed by atoms with Crippen molar-refractivity contribution in [1.82, 2.24) is 9.80 Å². The van der Waals surface area contributed by atoms with Gasteiger partial charge < -0.3 is 9.80 Å². The molecule has 2 saturated heterocycles. The minimum absolute atomic E-state index is 0.0136. The fourth-order valence-electron chi connectivity index (χ4n) is 4.10. The molecule has 0 N–H and O–H groups in total. The molecular formula is C19H21N3O2. The number of hydrogen-bond donors (Lipinski definition) is 0. The number of likely N-dealkylation sites (tertiary alicyclic amines) is 2. The molecule has 24 heavy (non-hydrogen) atoms. The van der Waals surface area contributed by atoms with Gasteiger partial charge >= 0.3 is 0 Å². The summed E-state index contributed by atoms with van der Waals surface area (Å²) in [5.74, 6) is 0.911. The third kappa shape index (κ3) is 2.66. The quantitative estimate of drug-likeness (QED) is 0.856. The number of nitrogens with zero attached hydrogens (tertiary/aromatic N) is 3. The molecule has 5 nitrogen and oxygen atoms in total. The maximum absolute atomic E-state index is 12.9. The lowest BCUT2D eigenvalue weighted by molar-refractivity contribution is -0.137. The van der Waals surface area contributed by atoms with Gasteiger partial charge in [-0.2, -0.15) is 5.26 Å². The maximum atomic E-state index is 12.9. The lowest BCUT2D eigenvalue weighted by Gasteiger charge is -2.40. The Balaban J connectivity index is 1.54. The average Bonchev–Trinajstić information content (AvgIpc) is 3.33. The Bertz CT molecular complexity index is 720. The molecule has 2 heterocycles. The van der Waals surface area contributed by atoms with Gasteiger partial charge in [-0.25, -0.2) is 0 Å². The summed E-state index contributed by atoms with van der Waals surface area (Å²) in [6.45, 7) is 1.56. The summed E-state index contributed by atoms with van der Waals surface area (Å²) in [5.41, 5.74) is 1.08. The van der Waals surface area contributed by atoms with Gasteiger partial charge in [0, 0.05) is 25.1 Å². The first-order valence-electron chi connectivity index (χ1n) is 8.78. The monoisotopic (exact) mass is 323 g/mol. The van der Waals surface area contributed by atoms with Crippen molar-refractivity contribution in [2.75, 3.05) is 13.1 Å². The van der Waals surface area contributed by atoms with E-state index in [0.29, 0.717) is 30.0 Å². The molecule has 3 aliphatic rings. The van der Waals surface area contributed by atoms with Crippen molar-refractivity contribution < 1.29 is 9.59 Å². The summed E-state index contributed by atoms with van der Waals surface area (Å²) in [5, 5.41) is 9.03. The normalized spacial score (nSPS) is 26.2. The van der Waals surface area contributed by atoms with E-state index in [9.17, 15) is 9.59 Å². The highest BCUT2D eigenvalue weighted by Gasteiger charge is 2.46. The zero-order chi connectivity index (χ0) is 16.7. The average molecular weight is 323 g/mol. The Morgan fingerprint density at radius 2 is 2.04 bits per heavy atom. The number of piperidine rings is 1. The van der Waals surface area contributed by atoms with Crippen LogP contribution < -0.4 is 0 Å². The maximum Gasteiger partial charge on any atom is 0.254 e. The zero-order valence-electron chi connectivity index (χ0n) is 13.6. The van der Waals surface area contributed by atoms with Crippen molar-refractivity contribution in [1.29, 1.82) is 5.26 Å². The molecular weight excluding hydrogens is 302 g/mol. The van der Waals surface area contributed by atoms with Gasteiger partial charge in [0.25, 0.3) is 5.91 Å². The molecule has 4 rings (SSSR count). The first-order chi connectivity index (χ1) is 11.7. The fraction of sp³-hybridized carbons (Fsp3) is 0.526. The molecule has 0 unspecified atom stereocenters. The van der Waals surface area contributed by atoms with Crippen LogP contribution in [0.2, 0.25) is 0 Å². The van der Waals surface area contributed by atoms with E-state index in [1.165, 1.54) is 12.8 Å². The van der Waals surface area contributed by atoms with Crippen LogP contribution in [0.15, 0.2) is 24.3 Å². The Morgan fingerprint density at radius 1 is 1.21 bits per heavy atom. The molecule has 3 fully saturated rings. The second-order valence-electron chi connectivity index (χ2n) is 7.14. The smallest absolute Gasteiger partial charge is 0.254 e. The van der Waals surface area contributed by atoms with E-state index in [0.717, 1.165) is 19.4 Å². The van der Waals surface area contributed by atoms with Crippen LogP contribution in [0.3, 0.4) is 0 Å². The summed E-state index contributed by atoms with van der Waals surface area (Å²) >= 11 is 0. The van der Waals surface area contributed by atoms with Crippen LogP contribution in [0.1, 0.15) is 48.0 Å². The largest absolute Gasteiger partial charge is 0.337 e. The van der Waals surface area contributed by atoms with Crippen molar-refractivity contribution in [3.8, 4) is 6.07 Å². The third-order valence-electron chi connectivity index (χ3n) is 5.54. The van der Waals surface area contributed by atoms with Crippen molar-refractivity contribution >= 4 is 11.8 Å². The van der Waals surface area contributed by atoms with Crippen LogP contribution in [-0.2, 0) is 4.79 Å². The fourth-order valence-corrected chi connectivity index (χ4v) is 4.10. The highest BCUT2D eigenvalue weighted by Crippen LogP contribution is 2.37. The van der Waals surface area contributed by atoms with Gasteiger partial charge in [-0.3, -0.25) is 9.59 Å². The number of fused-ring (bicyclic) bond motifs is 1. The van der Waals surface area contributed by atoms with Gasteiger partial charge in [-0.1, -0.05) is 6.07 Å². The lowest BCUT2D eigenvalue weighted by Crippen LogP contribution is -2.53. The molecule has 0 radical (unpaired) electrons. The van der Waals surface area contributed by atoms with Crippen LogP contribution >= 0.6 is 0 Å². The van der Waals surface area contributed by atoms with Crippen LogP contribution in [-0.4, -0.2) is 46.8 Å². The van der Waals surface area contributed by atoms with Crippen molar-refractivity contribution in [3.63, 3.8) is 0 Å². The van der Waals surface area contributed by atoms with Crippen molar-refractivity contribution in [2.24, 2.45) is 5.92 Å². The Kier molecular flexibility index (Phi) is 3.76. The SMILES string of the molecule is N#Cc1cccc(C(=O)N2CC[C@@H]3[C@H]2CCC(=O)N3CC2CC2)c1. The van der Waals surface area contributed by atoms with E-state index in [1.54, 1.807) is 24.3 Å². The Morgan fingerprint density at radius 3 is 2.79 bits per heavy atom. The second kappa shape index (κ2) is 5.94. The first-order valence-corrected chi connectivity index (χ1v) is 8.78. The molecule has 2 atom stereocenters. The van der Waals surface area contributed by atoms with Gasteiger partial charge in [-0.15, -0.1) is 0 Å². The van der Waals surface area contributed by atoms with Gasteiger partial charge in [0.05, 0.1) is 23.7 Å². The standard InChI is InChI=1S/C19H21N3O2/c20-11-14-2-1-3-15(10-14)19(24)21-9-8-17-16(21)6-7-18(23)22(17)12-13-4-5-13/h1-3,10,13,16-17H,4-9,12H2/t16-,17-/m1/s1. The molecule has 5 heteroatoms. The van der Waals surface area contributed by atoms with Gasteiger partial charge in [0.1, 0.15) is 0 Å². The van der Waals surface area contributed by atoms with E-state index in [4.69, 9.17) is 5.26 Å². The van der Waals surface area contributed by atoms with Crippen molar-refractivity contribution in [3.05, 3.63) is 35.4 Å². The highest BCUT2D eigenvalue weighted by molar-refractivity contribution is 5.95. The van der Waals surface area contributed by atoms with E-state index in [2.05, 4.69) is 6.07 Å². The number of benzene rings is 1. The molecule has 0 bridgehead atoms. The molecule has 0 spiro atoms. The molecule has 0 aromatic heterocycles. The molecule has 2 aliphatic heterocycles. The molecule has 1 aromatic carbocycles. The second-order valence-corrected chi connectivity index (χ2v) is 7.14. The highest BCUT2D eigenvalue weighted by atomic mass is 16.2. The molecule has 1 aliphatic carbocycles. The van der Waals surface area contributed by atoms with E-state index in [1.807, 2.05) is 9.80 Å². The predicted molar refractivity (Wildman–Crippen MR) is 88.1 cm³/mol. The number of rotatable bonds is 3. The van der Waals surface area contributed by atoms with Gasteiger partial charge in [0.2, 0.25) is 5.91 Å². The topological polar surface area (TPSA) is 64.4 Å². The number of amides is 2. The summed E-state index contributed by atoms with van der Waals surface area (Å²) < 4.78 is 0. The molecule has 1 aromatic rings. The summed E-state index contributed by atoms with van der Waals surface area (Å²) in [6.07, 6.45) is 4.62. The van der Waals surface area contributed by atoms with Crippen LogP contribution in [0.25, 0.3) is 0 Å². The van der Waals surface area contributed by atoms with Crippen LogP contribution in [0.4, 0.5) is 0 Å². The van der Waals surface area contributed by atoms with Crippen LogP contribution in [0.5, 0.6) is 0 Å². The predicted octanol–water partition coefficient (Wildman–Crippen LogP) is 2.17. The van der Waals surface area contributed by atoms with E-state index >= 15 is 0 Å². The third-order valence-corrected chi connectivity index (χ3v) is 5.54. The number of nitriles is 1. The molecule has 124 valence electrons. The number of hydrogen-bond acceptors (Lipinski definition) is 3. The summed E-state index contributed by atoms with van der Waals surface area (Å²) in [7, 11) is 0. The van der Waals surface area contributed by atoms with Gasteiger partial charge in [0.15, 0.2) is 0 Å². The first kappa shape index (κ1) is 15.2. The minimum Gasteiger partial charge on any atom is -0.337 e. The summed E-state index contributed by atoms with van der Waals surface area (Å²) in [4.78, 5) is 29.2. The lowest BCUT2D eigenvalue weighted by atomic mass is 9.95. The van der Waals surface area contributed by atoms with E-state index < -0.39 is 0 Å². The number of carbonyl (C=O) groups excluding carboxylic acids is 2.